The number of piperidine rings is 2. The zero-order chi connectivity index (χ0) is 27.8. The third-order valence-electron chi connectivity index (χ3n) is 7.36. The number of amides is 2. The summed E-state index contributed by atoms with van der Waals surface area (Å²) in [7, 11) is 0. The first-order chi connectivity index (χ1) is 18.5. The molecule has 3 unspecified atom stereocenters. The third kappa shape index (κ3) is 6.20. The van der Waals surface area contributed by atoms with E-state index in [-0.39, 0.29) is 45.4 Å². The topological polar surface area (TPSA) is 80.3 Å². The number of carbonyl (C=O) groups excluding carboxylic acids is 2. The van der Waals surface area contributed by atoms with Gasteiger partial charge in [-0.1, -0.05) is 36.4 Å². The zero-order valence-corrected chi connectivity index (χ0v) is 22.5. The van der Waals surface area contributed by atoms with Gasteiger partial charge in [0.15, 0.2) is 0 Å². The Hall–Kier alpha value is -3.56. The summed E-state index contributed by atoms with van der Waals surface area (Å²) in [6.45, 7) is 5.91. The highest BCUT2D eigenvalue weighted by atomic mass is 19.3. The average Bonchev–Trinajstić information content (AvgIpc) is 2.86. The molecule has 2 fully saturated rings. The molecule has 0 saturated carbocycles. The van der Waals surface area contributed by atoms with Crippen LogP contribution in [0.3, 0.4) is 0 Å². The van der Waals surface area contributed by atoms with Gasteiger partial charge >= 0.3 is 12.2 Å². The van der Waals surface area contributed by atoms with Gasteiger partial charge in [-0.2, -0.15) is 0 Å². The Morgan fingerprint density at radius 2 is 1.74 bits per heavy atom. The number of rotatable bonds is 4. The van der Waals surface area contributed by atoms with Gasteiger partial charge in [0.2, 0.25) is 0 Å². The SMILES string of the molecule is CC(C)(C)OC(=O)N1CC2CN(c3ccc4c(c3)OCC(NC(=O)OCc3ccccc3)C4)CC(C1)C2(F)F. The molecule has 3 aliphatic heterocycles. The van der Waals surface area contributed by atoms with E-state index in [1.165, 1.54) is 4.90 Å². The number of hydrogen-bond donors (Lipinski definition) is 1. The summed E-state index contributed by atoms with van der Waals surface area (Å²) in [6.07, 6.45) is -0.478. The third-order valence-corrected chi connectivity index (χ3v) is 7.36. The molecule has 2 aromatic carbocycles. The lowest BCUT2D eigenvalue weighted by atomic mass is 9.80. The zero-order valence-electron chi connectivity index (χ0n) is 22.5. The van der Waals surface area contributed by atoms with Gasteiger partial charge in [-0.25, -0.2) is 18.4 Å². The number of ether oxygens (including phenoxy) is 3. The fraction of sp³-hybridized carbons (Fsp3) is 0.517. The van der Waals surface area contributed by atoms with Gasteiger partial charge in [0, 0.05) is 37.9 Å². The van der Waals surface area contributed by atoms with E-state index >= 15 is 8.78 Å². The molecule has 2 amide bonds. The van der Waals surface area contributed by atoms with Crippen molar-refractivity contribution in [2.24, 2.45) is 11.8 Å². The number of benzene rings is 2. The molecule has 2 saturated heterocycles. The molecule has 0 aliphatic carbocycles. The van der Waals surface area contributed by atoms with E-state index in [0.29, 0.717) is 12.2 Å². The number of hydrogen-bond acceptors (Lipinski definition) is 6. The normalized spacial score (nSPS) is 23.8. The van der Waals surface area contributed by atoms with E-state index in [9.17, 15) is 9.59 Å². The van der Waals surface area contributed by atoms with Crippen LogP contribution in [-0.2, 0) is 22.5 Å². The van der Waals surface area contributed by atoms with Crippen LogP contribution in [0.15, 0.2) is 48.5 Å². The summed E-state index contributed by atoms with van der Waals surface area (Å²) in [5.41, 5.74) is 1.96. The maximum atomic E-state index is 15.1. The van der Waals surface area contributed by atoms with Crippen LogP contribution in [-0.4, -0.2) is 67.4 Å². The maximum Gasteiger partial charge on any atom is 0.410 e. The monoisotopic (exact) mass is 543 g/mol. The summed E-state index contributed by atoms with van der Waals surface area (Å²) in [5.74, 6) is -4.16. The van der Waals surface area contributed by atoms with Crippen molar-refractivity contribution in [1.82, 2.24) is 10.2 Å². The van der Waals surface area contributed by atoms with Crippen LogP contribution in [0.5, 0.6) is 5.75 Å². The van der Waals surface area contributed by atoms with Gasteiger partial charge in [0.25, 0.3) is 5.92 Å². The summed E-state index contributed by atoms with van der Waals surface area (Å²) in [6, 6.07) is 14.9. The van der Waals surface area contributed by atoms with Crippen molar-refractivity contribution in [3.05, 3.63) is 59.7 Å². The van der Waals surface area contributed by atoms with Crippen molar-refractivity contribution < 1.29 is 32.6 Å². The molecule has 10 heteroatoms. The van der Waals surface area contributed by atoms with Gasteiger partial charge in [-0.15, -0.1) is 0 Å². The van der Waals surface area contributed by atoms with Crippen molar-refractivity contribution >= 4 is 17.9 Å². The van der Waals surface area contributed by atoms with Crippen LogP contribution >= 0.6 is 0 Å². The molecule has 3 heterocycles. The predicted molar refractivity (Wildman–Crippen MR) is 141 cm³/mol. The van der Waals surface area contributed by atoms with Crippen molar-refractivity contribution in [1.29, 1.82) is 0 Å². The molecule has 0 spiro atoms. The number of nitrogens with zero attached hydrogens (tertiary/aromatic N) is 2. The van der Waals surface area contributed by atoms with Crippen LogP contribution in [0, 0.1) is 11.8 Å². The predicted octanol–water partition coefficient (Wildman–Crippen LogP) is 4.85. The number of alkyl halides is 2. The number of anilines is 1. The first-order valence-corrected chi connectivity index (χ1v) is 13.3. The highest BCUT2D eigenvalue weighted by Crippen LogP contribution is 2.44. The second-order valence-corrected chi connectivity index (χ2v) is 11.6. The second kappa shape index (κ2) is 10.5. The lowest BCUT2D eigenvalue weighted by Crippen LogP contribution is -2.64. The first kappa shape index (κ1) is 27.0. The molecule has 3 aliphatic rings. The van der Waals surface area contributed by atoms with Crippen LogP contribution in [0.4, 0.5) is 24.1 Å². The fourth-order valence-corrected chi connectivity index (χ4v) is 5.42. The molecule has 2 bridgehead atoms. The number of carbonyl (C=O) groups is 2. The smallest absolute Gasteiger partial charge is 0.410 e. The van der Waals surface area contributed by atoms with Crippen LogP contribution in [0.2, 0.25) is 0 Å². The fourth-order valence-electron chi connectivity index (χ4n) is 5.42. The molecule has 8 nitrogen and oxygen atoms in total. The largest absolute Gasteiger partial charge is 0.491 e. The molecule has 39 heavy (non-hydrogen) atoms. The van der Waals surface area contributed by atoms with Crippen molar-refractivity contribution in [3.8, 4) is 5.75 Å². The minimum atomic E-state index is -2.85. The van der Waals surface area contributed by atoms with E-state index in [1.54, 1.807) is 20.8 Å². The van der Waals surface area contributed by atoms with Crippen molar-refractivity contribution in [2.45, 2.75) is 51.4 Å². The molecule has 5 rings (SSSR count). The minimum Gasteiger partial charge on any atom is -0.491 e. The van der Waals surface area contributed by atoms with Gasteiger partial charge in [-0.05, 0) is 44.4 Å². The lowest BCUT2D eigenvalue weighted by Gasteiger charge is -2.51. The minimum absolute atomic E-state index is 0.0515. The molecular weight excluding hydrogens is 508 g/mol. The standard InChI is InChI=1S/C29H35F2N3O5/c1-28(2,3)39-27(36)34-15-21-13-33(14-22(16-34)29(21,30)31)24-10-9-20-11-23(18-37-25(20)12-24)32-26(35)38-17-19-7-5-4-6-8-19/h4-10,12,21-23H,11,13-18H2,1-3H3,(H,32,35). The van der Waals surface area contributed by atoms with E-state index in [1.807, 2.05) is 53.4 Å². The van der Waals surface area contributed by atoms with Crippen molar-refractivity contribution in [2.75, 3.05) is 37.7 Å². The number of likely N-dealkylation sites (tertiary alicyclic amines) is 1. The highest BCUT2D eigenvalue weighted by Gasteiger charge is 2.56. The Kier molecular flexibility index (Phi) is 7.31. The number of halogens is 2. The van der Waals surface area contributed by atoms with Gasteiger partial charge in [0.1, 0.15) is 24.6 Å². The molecular formula is C29H35F2N3O5. The molecule has 2 aromatic rings. The Morgan fingerprint density at radius 1 is 1.05 bits per heavy atom. The van der Waals surface area contributed by atoms with Crippen LogP contribution < -0.4 is 15.0 Å². The average molecular weight is 544 g/mol. The van der Waals surface area contributed by atoms with E-state index in [4.69, 9.17) is 14.2 Å². The molecule has 210 valence electrons. The summed E-state index contributed by atoms with van der Waals surface area (Å²) < 4.78 is 46.8. The number of alkyl carbamates (subject to hydrolysis) is 1. The van der Waals surface area contributed by atoms with E-state index < -0.39 is 35.5 Å². The van der Waals surface area contributed by atoms with Crippen LogP contribution in [0.25, 0.3) is 0 Å². The number of nitrogens with one attached hydrogen (secondary N) is 1. The number of fused-ring (bicyclic) bond motifs is 3. The summed E-state index contributed by atoms with van der Waals surface area (Å²) >= 11 is 0. The molecule has 3 atom stereocenters. The maximum absolute atomic E-state index is 15.1. The lowest BCUT2D eigenvalue weighted by molar-refractivity contribution is -0.154. The molecule has 0 radical (unpaired) electrons. The van der Waals surface area contributed by atoms with Gasteiger partial charge < -0.3 is 29.3 Å². The van der Waals surface area contributed by atoms with Gasteiger partial charge in [-0.3, -0.25) is 0 Å². The van der Waals surface area contributed by atoms with E-state index in [0.717, 1.165) is 16.8 Å². The first-order valence-electron chi connectivity index (χ1n) is 13.3. The Bertz CT molecular complexity index is 1190. The quantitative estimate of drug-likeness (QED) is 0.594. The highest BCUT2D eigenvalue weighted by molar-refractivity contribution is 5.69. The Labute approximate surface area is 227 Å². The second-order valence-electron chi connectivity index (χ2n) is 11.6. The molecule has 0 aromatic heterocycles. The van der Waals surface area contributed by atoms with E-state index in [2.05, 4.69) is 5.32 Å². The van der Waals surface area contributed by atoms with Crippen LogP contribution in [0.1, 0.15) is 31.9 Å². The summed E-state index contributed by atoms with van der Waals surface area (Å²) in [4.78, 5) is 28.2. The van der Waals surface area contributed by atoms with Crippen molar-refractivity contribution in [3.63, 3.8) is 0 Å². The summed E-state index contributed by atoms with van der Waals surface area (Å²) in [5, 5.41) is 2.85. The Balaban J connectivity index is 1.18. The Morgan fingerprint density at radius 3 is 2.41 bits per heavy atom. The van der Waals surface area contributed by atoms with Gasteiger partial charge in [0.05, 0.1) is 17.9 Å². The molecule has 1 N–H and O–H groups in total.